The normalized spacial score (nSPS) is 28.0. The first-order valence-corrected chi connectivity index (χ1v) is 8.84. The molecule has 1 aromatic heterocycles. The summed E-state index contributed by atoms with van der Waals surface area (Å²) in [6, 6.07) is 9.69. The molecule has 2 aliphatic rings. The predicted octanol–water partition coefficient (Wildman–Crippen LogP) is 1.66. The zero-order valence-corrected chi connectivity index (χ0v) is 14.6. The number of nitrogens with zero attached hydrogens (tertiary/aromatic N) is 3. The summed E-state index contributed by atoms with van der Waals surface area (Å²) in [7, 11) is 2.21. The lowest BCUT2D eigenvalue weighted by atomic mass is 9.90. The highest BCUT2D eigenvalue weighted by Crippen LogP contribution is 2.52. The maximum Gasteiger partial charge on any atom is 0.354 e. The third-order valence-corrected chi connectivity index (χ3v) is 6.13. The minimum Gasteiger partial charge on any atom is -0.383 e. The summed E-state index contributed by atoms with van der Waals surface area (Å²) in [5, 5.41) is 0. The molecule has 1 heterocycles. The molecule has 2 bridgehead atoms. The van der Waals surface area contributed by atoms with Gasteiger partial charge in [-0.25, -0.2) is 4.79 Å². The van der Waals surface area contributed by atoms with E-state index in [-0.39, 0.29) is 22.6 Å². The third-order valence-electron chi connectivity index (χ3n) is 6.13. The van der Waals surface area contributed by atoms with Gasteiger partial charge in [0.15, 0.2) is 0 Å². The Morgan fingerprint density at radius 3 is 2.40 bits per heavy atom. The van der Waals surface area contributed by atoms with Crippen molar-refractivity contribution < 1.29 is 0 Å². The Labute approximate surface area is 147 Å². The van der Waals surface area contributed by atoms with Gasteiger partial charge in [0.1, 0.15) is 5.82 Å². The van der Waals surface area contributed by atoms with Crippen molar-refractivity contribution in [3.8, 4) is 5.69 Å². The van der Waals surface area contributed by atoms with Crippen LogP contribution >= 0.6 is 0 Å². The molecule has 0 unspecified atom stereocenters. The van der Waals surface area contributed by atoms with Crippen molar-refractivity contribution in [2.24, 2.45) is 5.73 Å². The maximum absolute atomic E-state index is 11.9. The number of rotatable bonds is 4. The number of hydrogen-bond donors (Lipinski definition) is 2. The summed E-state index contributed by atoms with van der Waals surface area (Å²) in [5.74, 6) is 0.239. The fraction of sp³-hybridized carbons (Fsp3) is 0.474. The van der Waals surface area contributed by atoms with E-state index in [1.807, 2.05) is 12.1 Å². The van der Waals surface area contributed by atoms with Crippen LogP contribution in [-0.4, -0.2) is 32.6 Å². The van der Waals surface area contributed by atoms with Crippen molar-refractivity contribution in [3.63, 3.8) is 0 Å². The van der Waals surface area contributed by atoms with E-state index < -0.39 is 0 Å². The second-order valence-corrected chi connectivity index (χ2v) is 7.79. The van der Waals surface area contributed by atoms with Crippen molar-refractivity contribution in [3.05, 3.63) is 52.6 Å². The Morgan fingerprint density at radius 1 is 1.16 bits per heavy atom. The molecule has 0 saturated heterocycles. The number of aromatic nitrogens is 2. The summed E-state index contributed by atoms with van der Waals surface area (Å²) in [6.07, 6.45) is 7.45. The summed E-state index contributed by atoms with van der Waals surface area (Å²) < 4.78 is 1.50. The Bertz CT molecular complexity index is 834. The van der Waals surface area contributed by atoms with Crippen LogP contribution in [0.4, 0.5) is 5.82 Å². The molecule has 4 rings (SSSR count). The van der Waals surface area contributed by atoms with Gasteiger partial charge in [-0.05, 0) is 62.9 Å². The van der Waals surface area contributed by atoms with Gasteiger partial charge in [-0.15, -0.1) is 0 Å². The fourth-order valence-corrected chi connectivity index (χ4v) is 4.56. The molecule has 2 aliphatic carbocycles. The van der Waals surface area contributed by atoms with E-state index in [0.29, 0.717) is 0 Å². The maximum atomic E-state index is 11.9. The van der Waals surface area contributed by atoms with Gasteiger partial charge in [0.05, 0.1) is 5.69 Å². The SMILES string of the molecule is CN(Cc1ccc(-n2ccc(N)nc2=O)cc1)C12CCC(N)(CC1)C2. The van der Waals surface area contributed by atoms with Crippen LogP contribution in [0.3, 0.4) is 0 Å². The van der Waals surface area contributed by atoms with E-state index in [2.05, 4.69) is 29.1 Å². The Kier molecular flexibility index (Phi) is 3.70. The molecule has 0 spiro atoms. The van der Waals surface area contributed by atoms with Crippen molar-refractivity contribution >= 4 is 5.82 Å². The van der Waals surface area contributed by atoms with Gasteiger partial charge >= 0.3 is 5.69 Å². The van der Waals surface area contributed by atoms with Gasteiger partial charge in [0, 0.05) is 23.8 Å². The fourth-order valence-electron chi connectivity index (χ4n) is 4.56. The zero-order chi connectivity index (χ0) is 17.7. The van der Waals surface area contributed by atoms with E-state index in [0.717, 1.165) is 31.5 Å². The minimum atomic E-state index is -0.361. The molecular formula is C19H25N5O. The summed E-state index contributed by atoms with van der Waals surface area (Å²) in [5.41, 5.74) is 14.0. The highest BCUT2D eigenvalue weighted by molar-refractivity contribution is 5.36. The predicted molar refractivity (Wildman–Crippen MR) is 98.4 cm³/mol. The monoisotopic (exact) mass is 339 g/mol. The second kappa shape index (κ2) is 5.68. The van der Waals surface area contributed by atoms with Crippen LogP contribution in [0.2, 0.25) is 0 Å². The van der Waals surface area contributed by atoms with Gasteiger partial charge in [-0.3, -0.25) is 9.47 Å². The average molecular weight is 339 g/mol. The standard InChI is InChI=1S/C19H25N5O/c1-23(19-9-7-18(21,13-19)8-10-19)12-14-2-4-15(5-3-14)24-11-6-16(20)22-17(24)25/h2-6,11H,7-10,12-13,21H2,1H3,(H2,20,22,25). The number of fused-ring (bicyclic) bond motifs is 2. The number of hydrogen-bond acceptors (Lipinski definition) is 5. The number of anilines is 1. The van der Waals surface area contributed by atoms with Crippen molar-refractivity contribution in [2.45, 2.75) is 49.7 Å². The van der Waals surface area contributed by atoms with Gasteiger partial charge in [-0.2, -0.15) is 4.98 Å². The quantitative estimate of drug-likeness (QED) is 0.884. The second-order valence-electron chi connectivity index (χ2n) is 7.79. The van der Waals surface area contributed by atoms with E-state index in [1.54, 1.807) is 12.3 Å². The lowest BCUT2D eigenvalue weighted by molar-refractivity contribution is 0.119. The zero-order valence-electron chi connectivity index (χ0n) is 14.6. The topological polar surface area (TPSA) is 90.2 Å². The summed E-state index contributed by atoms with van der Waals surface area (Å²) >= 11 is 0. The molecule has 0 atom stereocenters. The van der Waals surface area contributed by atoms with Crippen molar-refractivity contribution in [1.29, 1.82) is 0 Å². The van der Waals surface area contributed by atoms with Crippen LogP contribution in [0.15, 0.2) is 41.3 Å². The molecule has 2 fully saturated rings. The molecular weight excluding hydrogens is 314 g/mol. The third kappa shape index (κ3) is 2.85. The molecule has 2 saturated carbocycles. The molecule has 6 heteroatoms. The average Bonchev–Trinajstić information content (AvgIpc) is 3.11. The number of benzene rings is 1. The van der Waals surface area contributed by atoms with Gasteiger partial charge in [0.2, 0.25) is 0 Å². The largest absolute Gasteiger partial charge is 0.383 e. The molecule has 1 aromatic carbocycles. The van der Waals surface area contributed by atoms with Crippen molar-refractivity contribution in [2.75, 3.05) is 12.8 Å². The summed E-state index contributed by atoms with van der Waals surface area (Å²) in [4.78, 5) is 18.2. The van der Waals surface area contributed by atoms with Crippen molar-refractivity contribution in [1.82, 2.24) is 14.5 Å². The van der Waals surface area contributed by atoms with Crippen LogP contribution in [0, 0.1) is 0 Å². The van der Waals surface area contributed by atoms with Crippen LogP contribution in [0.25, 0.3) is 5.69 Å². The number of nitrogens with two attached hydrogens (primary N) is 2. The van der Waals surface area contributed by atoms with Gasteiger partial charge in [0.25, 0.3) is 0 Å². The smallest absolute Gasteiger partial charge is 0.354 e. The molecule has 0 aliphatic heterocycles. The van der Waals surface area contributed by atoms with Crippen LogP contribution in [0.1, 0.15) is 37.7 Å². The molecule has 0 amide bonds. The lowest BCUT2D eigenvalue weighted by Gasteiger charge is -2.37. The molecule has 0 radical (unpaired) electrons. The van der Waals surface area contributed by atoms with Crippen LogP contribution in [0.5, 0.6) is 0 Å². The Hall–Kier alpha value is -2.18. The van der Waals surface area contributed by atoms with E-state index in [4.69, 9.17) is 11.5 Å². The Balaban J connectivity index is 1.50. The highest BCUT2D eigenvalue weighted by Gasteiger charge is 2.53. The minimum absolute atomic E-state index is 0.0709. The van der Waals surface area contributed by atoms with Crippen LogP contribution < -0.4 is 17.2 Å². The molecule has 132 valence electrons. The molecule has 4 N–H and O–H groups in total. The van der Waals surface area contributed by atoms with E-state index in [9.17, 15) is 4.79 Å². The lowest BCUT2D eigenvalue weighted by Crippen LogP contribution is -2.42. The first-order valence-electron chi connectivity index (χ1n) is 8.84. The highest BCUT2D eigenvalue weighted by atomic mass is 16.1. The van der Waals surface area contributed by atoms with E-state index >= 15 is 0 Å². The molecule has 2 aromatic rings. The van der Waals surface area contributed by atoms with Gasteiger partial charge < -0.3 is 11.5 Å². The van der Waals surface area contributed by atoms with Gasteiger partial charge in [-0.1, -0.05) is 12.1 Å². The molecule has 25 heavy (non-hydrogen) atoms. The number of nitrogen functional groups attached to an aromatic ring is 1. The first-order chi connectivity index (χ1) is 11.9. The molecule has 6 nitrogen and oxygen atoms in total. The Morgan fingerprint density at radius 2 is 1.84 bits per heavy atom. The van der Waals surface area contributed by atoms with E-state index in [1.165, 1.54) is 23.0 Å². The first kappa shape index (κ1) is 16.3. The summed E-state index contributed by atoms with van der Waals surface area (Å²) in [6.45, 7) is 0.894. The van der Waals surface area contributed by atoms with Crippen LogP contribution in [-0.2, 0) is 6.54 Å².